The number of benzene rings is 2. The van der Waals surface area contributed by atoms with Gasteiger partial charge in [0.15, 0.2) is 5.78 Å². The SMILES string of the molecule is O=C1Cc2cc(C(=O)c3cc(Br)ccc3I)c(Cl)cc2N1. The van der Waals surface area contributed by atoms with E-state index in [-0.39, 0.29) is 18.1 Å². The lowest BCUT2D eigenvalue weighted by atomic mass is 10.00. The highest BCUT2D eigenvalue weighted by Crippen LogP contribution is 2.32. The average molecular weight is 476 g/mol. The molecule has 106 valence electrons. The van der Waals surface area contributed by atoms with Gasteiger partial charge in [-0.1, -0.05) is 27.5 Å². The largest absolute Gasteiger partial charge is 0.325 e. The lowest BCUT2D eigenvalue weighted by molar-refractivity contribution is -0.115. The predicted molar refractivity (Wildman–Crippen MR) is 94.1 cm³/mol. The Bertz CT molecular complexity index is 791. The van der Waals surface area contributed by atoms with E-state index in [1.54, 1.807) is 18.2 Å². The number of amides is 1. The summed E-state index contributed by atoms with van der Waals surface area (Å²) in [6.45, 7) is 0. The van der Waals surface area contributed by atoms with Crippen molar-refractivity contribution in [3.05, 3.63) is 60.1 Å². The number of fused-ring (bicyclic) bond motifs is 1. The summed E-state index contributed by atoms with van der Waals surface area (Å²) in [5.74, 6) is -0.226. The fourth-order valence-corrected chi connectivity index (χ4v) is 3.43. The molecule has 0 aromatic heterocycles. The maximum absolute atomic E-state index is 12.7. The van der Waals surface area contributed by atoms with Gasteiger partial charge in [0.25, 0.3) is 0 Å². The molecule has 0 atom stereocenters. The molecule has 0 spiro atoms. The first-order valence-corrected chi connectivity index (χ1v) is 8.32. The highest BCUT2D eigenvalue weighted by atomic mass is 127. The molecule has 0 unspecified atom stereocenters. The molecule has 2 aromatic rings. The topological polar surface area (TPSA) is 46.2 Å². The van der Waals surface area contributed by atoms with Crippen molar-refractivity contribution in [3.8, 4) is 0 Å². The predicted octanol–water partition coefficient (Wildman–Crippen LogP) is 4.43. The van der Waals surface area contributed by atoms with Crippen LogP contribution in [0.3, 0.4) is 0 Å². The van der Waals surface area contributed by atoms with E-state index >= 15 is 0 Å². The van der Waals surface area contributed by atoms with E-state index < -0.39 is 0 Å². The van der Waals surface area contributed by atoms with Gasteiger partial charge in [-0.3, -0.25) is 9.59 Å². The van der Waals surface area contributed by atoms with Crippen LogP contribution in [0.15, 0.2) is 34.8 Å². The van der Waals surface area contributed by atoms with Gasteiger partial charge in [-0.15, -0.1) is 0 Å². The van der Waals surface area contributed by atoms with Crippen molar-refractivity contribution in [1.29, 1.82) is 0 Å². The number of nitrogens with one attached hydrogen (secondary N) is 1. The summed E-state index contributed by atoms with van der Waals surface area (Å²) in [7, 11) is 0. The molecule has 3 rings (SSSR count). The van der Waals surface area contributed by atoms with Crippen molar-refractivity contribution in [2.24, 2.45) is 0 Å². The summed E-state index contributed by atoms with van der Waals surface area (Å²) in [4.78, 5) is 24.1. The van der Waals surface area contributed by atoms with Crippen LogP contribution >= 0.6 is 50.1 Å². The number of anilines is 1. The lowest BCUT2D eigenvalue weighted by Crippen LogP contribution is -2.05. The van der Waals surface area contributed by atoms with Crippen LogP contribution in [-0.2, 0) is 11.2 Å². The third kappa shape index (κ3) is 2.86. The van der Waals surface area contributed by atoms with Crippen LogP contribution < -0.4 is 5.32 Å². The minimum Gasteiger partial charge on any atom is -0.325 e. The smallest absolute Gasteiger partial charge is 0.228 e. The van der Waals surface area contributed by atoms with Crippen LogP contribution in [0.2, 0.25) is 5.02 Å². The van der Waals surface area contributed by atoms with Crippen LogP contribution in [0.5, 0.6) is 0 Å². The Hall–Kier alpha value is -0.920. The van der Waals surface area contributed by atoms with Crippen molar-refractivity contribution in [2.75, 3.05) is 5.32 Å². The molecule has 21 heavy (non-hydrogen) atoms. The van der Waals surface area contributed by atoms with Gasteiger partial charge in [0.05, 0.1) is 11.4 Å². The quantitative estimate of drug-likeness (QED) is 0.515. The van der Waals surface area contributed by atoms with Crippen molar-refractivity contribution in [2.45, 2.75) is 6.42 Å². The Labute approximate surface area is 148 Å². The Kier molecular flexibility index (Phi) is 4.07. The summed E-state index contributed by atoms with van der Waals surface area (Å²) in [6.07, 6.45) is 0.280. The highest BCUT2D eigenvalue weighted by molar-refractivity contribution is 14.1. The third-order valence-electron chi connectivity index (χ3n) is 3.24. The van der Waals surface area contributed by atoms with Crippen molar-refractivity contribution in [3.63, 3.8) is 0 Å². The second-order valence-electron chi connectivity index (χ2n) is 4.67. The molecule has 0 fully saturated rings. The maximum Gasteiger partial charge on any atom is 0.228 e. The first-order valence-electron chi connectivity index (χ1n) is 6.08. The first-order chi connectivity index (χ1) is 9.95. The molecular weight excluding hydrogens is 468 g/mol. The lowest BCUT2D eigenvalue weighted by Gasteiger charge is -2.09. The third-order valence-corrected chi connectivity index (χ3v) is 4.98. The number of ketones is 1. The molecule has 0 bridgehead atoms. The molecule has 1 amide bonds. The van der Waals surface area contributed by atoms with E-state index in [4.69, 9.17) is 11.6 Å². The zero-order valence-corrected chi connectivity index (χ0v) is 15.0. The number of carbonyl (C=O) groups is 2. The van der Waals surface area contributed by atoms with E-state index in [1.807, 2.05) is 12.1 Å². The summed E-state index contributed by atoms with van der Waals surface area (Å²) in [5, 5.41) is 3.07. The number of hydrogen-bond donors (Lipinski definition) is 1. The summed E-state index contributed by atoms with van der Waals surface area (Å²) in [6, 6.07) is 8.86. The zero-order chi connectivity index (χ0) is 15.1. The molecule has 1 aliphatic heterocycles. The Morgan fingerprint density at radius 2 is 2.00 bits per heavy atom. The van der Waals surface area contributed by atoms with Gasteiger partial charge < -0.3 is 5.32 Å². The molecule has 0 saturated carbocycles. The molecule has 1 aliphatic rings. The molecule has 0 radical (unpaired) electrons. The molecule has 0 saturated heterocycles. The minimum atomic E-state index is -0.146. The molecule has 1 heterocycles. The normalized spacial score (nSPS) is 13.0. The van der Waals surface area contributed by atoms with Crippen LogP contribution in [0.25, 0.3) is 0 Å². The summed E-state index contributed by atoms with van der Waals surface area (Å²) < 4.78 is 1.69. The number of carbonyl (C=O) groups excluding carboxylic acids is 2. The molecule has 0 aliphatic carbocycles. The number of rotatable bonds is 2. The van der Waals surface area contributed by atoms with Crippen LogP contribution in [0.1, 0.15) is 21.5 Å². The average Bonchev–Trinajstić information content (AvgIpc) is 2.79. The number of hydrogen-bond acceptors (Lipinski definition) is 2. The van der Waals surface area contributed by atoms with Gasteiger partial charge in [-0.2, -0.15) is 0 Å². The highest BCUT2D eigenvalue weighted by Gasteiger charge is 2.23. The van der Waals surface area contributed by atoms with E-state index in [2.05, 4.69) is 43.8 Å². The van der Waals surface area contributed by atoms with Gasteiger partial charge in [0.1, 0.15) is 0 Å². The van der Waals surface area contributed by atoms with Gasteiger partial charge in [0, 0.05) is 24.9 Å². The zero-order valence-electron chi connectivity index (χ0n) is 10.5. The van der Waals surface area contributed by atoms with E-state index in [0.29, 0.717) is 21.8 Å². The number of halogens is 3. The monoisotopic (exact) mass is 475 g/mol. The second-order valence-corrected chi connectivity index (χ2v) is 7.15. The van der Waals surface area contributed by atoms with Crippen LogP contribution in [-0.4, -0.2) is 11.7 Å². The summed E-state index contributed by atoms with van der Waals surface area (Å²) >= 11 is 11.7. The second kappa shape index (κ2) is 5.70. The van der Waals surface area contributed by atoms with Gasteiger partial charge in [-0.25, -0.2) is 0 Å². The Morgan fingerprint density at radius 3 is 2.76 bits per heavy atom. The molecule has 1 N–H and O–H groups in total. The maximum atomic E-state index is 12.7. The Balaban J connectivity index is 2.09. The minimum absolute atomic E-state index is 0.0808. The van der Waals surface area contributed by atoms with Crippen molar-refractivity contribution < 1.29 is 9.59 Å². The van der Waals surface area contributed by atoms with E-state index in [9.17, 15) is 9.59 Å². The van der Waals surface area contributed by atoms with Crippen LogP contribution in [0, 0.1) is 3.57 Å². The standard InChI is InChI=1S/C15H8BrClINO2/c16-8-1-2-12(18)10(5-8)15(21)9-3-7-4-14(20)19-13(7)6-11(9)17/h1-3,5-6H,4H2,(H,19,20). The van der Waals surface area contributed by atoms with E-state index in [1.165, 1.54) is 0 Å². The fraction of sp³-hybridized carbons (Fsp3) is 0.0667. The van der Waals surface area contributed by atoms with Gasteiger partial charge >= 0.3 is 0 Å². The molecule has 6 heteroatoms. The fourth-order valence-electron chi connectivity index (χ4n) is 2.24. The Morgan fingerprint density at radius 1 is 1.24 bits per heavy atom. The molecule has 2 aromatic carbocycles. The molecular formula is C15H8BrClINO2. The van der Waals surface area contributed by atoms with E-state index in [0.717, 1.165) is 13.6 Å². The van der Waals surface area contributed by atoms with Crippen LogP contribution in [0.4, 0.5) is 5.69 Å². The van der Waals surface area contributed by atoms with Gasteiger partial charge in [0.2, 0.25) is 5.91 Å². The molecule has 3 nitrogen and oxygen atoms in total. The summed E-state index contributed by atoms with van der Waals surface area (Å²) in [5.41, 5.74) is 2.50. The van der Waals surface area contributed by atoms with Crippen molar-refractivity contribution >= 4 is 67.5 Å². The first kappa shape index (κ1) is 15.0. The van der Waals surface area contributed by atoms with Crippen molar-refractivity contribution in [1.82, 2.24) is 0 Å². The van der Waals surface area contributed by atoms with Gasteiger partial charge in [-0.05, 0) is 58.5 Å².